The molecule has 3 aromatic rings. The van der Waals surface area contributed by atoms with Crippen LogP contribution in [0.3, 0.4) is 0 Å². The van der Waals surface area contributed by atoms with Crippen LogP contribution in [0.2, 0.25) is 0 Å². The molecule has 0 spiro atoms. The SMILES string of the molecule is Cc1cccc2sc(C3NCCc4ccccc43)nc12. The number of hydrogen-bond acceptors (Lipinski definition) is 3. The first-order valence-corrected chi connectivity index (χ1v) is 7.82. The molecule has 1 unspecified atom stereocenters. The molecular weight excluding hydrogens is 264 g/mol. The number of nitrogens with one attached hydrogen (secondary N) is 1. The van der Waals surface area contributed by atoms with Crippen LogP contribution >= 0.6 is 11.3 Å². The molecule has 2 aromatic carbocycles. The molecule has 0 fully saturated rings. The van der Waals surface area contributed by atoms with Crippen LogP contribution in [-0.2, 0) is 6.42 Å². The van der Waals surface area contributed by atoms with Crippen LogP contribution in [0.25, 0.3) is 10.2 Å². The van der Waals surface area contributed by atoms with E-state index in [0.29, 0.717) is 0 Å². The fraction of sp³-hybridized carbons (Fsp3) is 0.235. The van der Waals surface area contributed by atoms with Crippen molar-refractivity contribution < 1.29 is 0 Å². The molecule has 100 valence electrons. The molecule has 0 saturated carbocycles. The number of aryl methyl sites for hydroxylation is 1. The number of aromatic nitrogens is 1. The summed E-state index contributed by atoms with van der Waals surface area (Å²) in [6.07, 6.45) is 1.11. The van der Waals surface area contributed by atoms with Crippen molar-refractivity contribution in [3.8, 4) is 0 Å². The first kappa shape index (κ1) is 12.1. The number of para-hydroxylation sites is 1. The van der Waals surface area contributed by atoms with E-state index in [2.05, 4.69) is 54.7 Å². The van der Waals surface area contributed by atoms with Gasteiger partial charge in [-0.2, -0.15) is 0 Å². The Morgan fingerprint density at radius 2 is 2.05 bits per heavy atom. The Balaban J connectivity index is 1.86. The zero-order valence-electron chi connectivity index (χ0n) is 11.4. The van der Waals surface area contributed by atoms with Gasteiger partial charge in [0.1, 0.15) is 5.01 Å². The molecule has 2 heterocycles. The highest BCUT2D eigenvalue weighted by Crippen LogP contribution is 2.34. The maximum absolute atomic E-state index is 4.89. The monoisotopic (exact) mass is 280 g/mol. The second-order valence-corrected chi connectivity index (χ2v) is 6.37. The van der Waals surface area contributed by atoms with Crippen molar-refractivity contribution in [2.75, 3.05) is 6.54 Å². The minimum absolute atomic E-state index is 0.247. The lowest BCUT2D eigenvalue weighted by Crippen LogP contribution is -2.30. The summed E-state index contributed by atoms with van der Waals surface area (Å²) in [7, 11) is 0. The van der Waals surface area contributed by atoms with Gasteiger partial charge >= 0.3 is 0 Å². The fourth-order valence-corrected chi connectivity index (χ4v) is 4.09. The summed E-state index contributed by atoms with van der Waals surface area (Å²) in [6, 6.07) is 15.4. The molecule has 0 aliphatic carbocycles. The quantitative estimate of drug-likeness (QED) is 0.732. The molecule has 2 nitrogen and oxygen atoms in total. The van der Waals surface area contributed by atoms with E-state index < -0.39 is 0 Å². The molecular formula is C17H16N2S. The Morgan fingerprint density at radius 1 is 1.15 bits per heavy atom. The maximum atomic E-state index is 4.89. The van der Waals surface area contributed by atoms with Crippen LogP contribution in [0.15, 0.2) is 42.5 Å². The van der Waals surface area contributed by atoms with Crippen LogP contribution in [0.5, 0.6) is 0 Å². The summed E-state index contributed by atoms with van der Waals surface area (Å²) in [6.45, 7) is 3.16. The number of benzene rings is 2. The van der Waals surface area contributed by atoms with E-state index >= 15 is 0 Å². The van der Waals surface area contributed by atoms with Crippen molar-refractivity contribution >= 4 is 21.6 Å². The lowest BCUT2D eigenvalue weighted by molar-refractivity contribution is 0.566. The summed E-state index contributed by atoms with van der Waals surface area (Å²) < 4.78 is 1.28. The van der Waals surface area contributed by atoms with Crippen molar-refractivity contribution in [1.29, 1.82) is 0 Å². The molecule has 1 aromatic heterocycles. The summed E-state index contributed by atoms with van der Waals surface area (Å²) in [5.74, 6) is 0. The van der Waals surface area contributed by atoms with E-state index in [-0.39, 0.29) is 6.04 Å². The van der Waals surface area contributed by atoms with E-state index in [9.17, 15) is 0 Å². The molecule has 0 bridgehead atoms. The molecule has 4 rings (SSSR count). The molecule has 0 radical (unpaired) electrons. The third-order valence-corrected chi connectivity index (χ3v) is 5.08. The molecule has 0 saturated heterocycles. The fourth-order valence-electron chi connectivity index (χ4n) is 2.95. The van der Waals surface area contributed by atoms with Gasteiger partial charge in [-0.1, -0.05) is 36.4 Å². The average molecular weight is 280 g/mol. The van der Waals surface area contributed by atoms with Crippen molar-refractivity contribution in [2.24, 2.45) is 0 Å². The highest BCUT2D eigenvalue weighted by Gasteiger charge is 2.23. The Kier molecular flexibility index (Phi) is 2.83. The molecule has 1 aliphatic rings. The first-order valence-electron chi connectivity index (χ1n) is 7.00. The first-order chi connectivity index (χ1) is 9.83. The van der Waals surface area contributed by atoms with Crippen LogP contribution in [-0.4, -0.2) is 11.5 Å². The number of fused-ring (bicyclic) bond motifs is 2. The van der Waals surface area contributed by atoms with Crippen LogP contribution in [0.4, 0.5) is 0 Å². The van der Waals surface area contributed by atoms with Crippen LogP contribution in [0, 0.1) is 6.92 Å². The number of nitrogens with zero attached hydrogens (tertiary/aromatic N) is 1. The molecule has 3 heteroatoms. The number of rotatable bonds is 1. The van der Waals surface area contributed by atoms with Gasteiger partial charge in [-0.25, -0.2) is 4.98 Å². The van der Waals surface area contributed by atoms with Gasteiger partial charge in [0.25, 0.3) is 0 Å². The second-order valence-electron chi connectivity index (χ2n) is 5.31. The van der Waals surface area contributed by atoms with E-state index in [1.54, 1.807) is 0 Å². The standard InChI is InChI=1S/C17H16N2S/c1-11-5-4-8-14-15(11)19-17(20-14)16-13-7-3-2-6-12(13)9-10-18-16/h2-8,16,18H,9-10H2,1H3. The molecule has 0 amide bonds. The lowest BCUT2D eigenvalue weighted by atomic mass is 9.95. The Morgan fingerprint density at radius 3 is 2.95 bits per heavy atom. The predicted octanol–water partition coefficient (Wildman–Crippen LogP) is 3.84. The predicted molar refractivity (Wildman–Crippen MR) is 84.3 cm³/mol. The molecule has 1 aliphatic heterocycles. The number of thiazole rings is 1. The van der Waals surface area contributed by atoms with E-state index in [1.165, 1.54) is 26.4 Å². The Bertz CT molecular complexity index is 776. The van der Waals surface area contributed by atoms with Crippen molar-refractivity contribution in [3.05, 3.63) is 64.2 Å². The summed E-state index contributed by atoms with van der Waals surface area (Å²) >= 11 is 1.81. The van der Waals surface area contributed by atoms with Gasteiger partial charge in [-0.15, -0.1) is 11.3 Å². The topological polar surface area (TPSA) is 24.9 Å². The summed E-state index contributed by atoms with van der Waals surface area (Å²) in [4.78, 5) is 4.89. The van der Waals surface area contributed by atoms with Gasteiger partial charge in [-0.3, -0.25) is 0 Å². The second kappa shape index (κ2) is 4.69. The average Bonchev–Trinajstić information content (AvgIpc) is 2.92. The Labute approximate surface area is 122 Å². The van der Waals surface area contributed by atoms with Gasteiger partial charge in [0.15, 0.2) is 0 Å². The Hall–Kier alpha value is -1.71. The summed E-state index contributed by atoms with van der Waals surface area (Å²) in [5.41, 5.74) is 5.24. The normalized spacial score (nSPS) is 18.1. The molecule has 1 atom stereocenters. The summed E-state index contributed by atoms with van der Waals surface area (Å²) in [5, 5.41) is 4.80. The van der Waals surface area contributed by atoms with Crippen molar-refractivity contribution in [2.45, 2.75) is 19.4 Å². The smallest absolute Gasteiger partial charge is 0.115 e. The van der Waals surface area contributed by atoms with Gasteiger partial charge in [0.05, 0.1) is 16.3 Å². The minimum Gasteiger partial charge on any atom is -0.304 e. The molecule has 20 heavy (non-hydrogen) atoms. The third kappa shape index (κ3) is 1.86. The van der Waals surface area contributed by atoms with E-state index in [1.807, 2.05) is 11.3 Å². The highest BCUT2D eigenvalue weighted by atomic mass is 32.1. The highest BCUT2D eigenvalue weighted by molar-refractivity contribution is 7.18. The zero-order chi connectivity index (χ0) is 13.5. The van der Waals surface area contributed by atoms with Crippen LogP contribution < -0.4 is 5.32 Å². The van der Waals surface area contributed by atoms with Crippen LogP contribution in [0.1, 0.15) is 27.7 Å². The largest absolute Gasteiger partial charge is 0.304 e. The number of hydrogen-bond donors (Lipinski definition) is 1. The van der Waals surface area contributed by atoms with Crippen molar-refractivity contribution in [3.63, 3.8) is 0 Å². The molecule has 1 N–H and O–H groups in total. The third-order valence-electron chi connectivity index (χ3n) is 3.99. The van der Waals surface area contributed by atoms with Gasteiger partial charge in [0.2, 0.25) is 0 Å². The van der Waals surface area contributed by atoms with Gasteiger partial charge < -0.3 is 5.32 Å². The van der Waals surface area contributed by atoms with Crippen molar-refractivity contribution in [1.82, 2.24) is 10.3 Å². The minimum atomic E-state index is 0.247. The van der Waals surface area contributed by atoms with E-state index in [4.69, 9.17) is 4.98 Å². The lowest BCUT2D eigenvalue weighted by Gasteiger charge is -2.25. The van der Waals surface area contributed by atoms with Gasteiger partial charge in [-0.05, 0) is 36.1 Å². The van der Waals surface area contributed by atoms with Gasteiger partial charge in [0, 0.05) is 6.54 Å². The van der Waals surface area contributed by atoms with E-state index in [0.717, 1.165) is 18.5 Å². The zero-order valence-corrected chi connectivity index (χ0v) is 12.2. The maximum Gasteiger partial charge on any atom is 0.115 e.